The zero-order valence-electron chi connectivity index (χ0n) is 11.3. The number of thioether (sulfide) groups is 1. The van der Waals surface area contributed by atoms with Gasteiger partial charge in [0, 0.05) is 22.9 Å². The number of rotatable bonds is 10. The maximum Gasteiger partial charge on any atom is 0.261 e. The summed E-state index contributed by atoms with van der Waals surface area (Å²) in [6.07, 6.45) is -2.54. The van der Waals surface area contributed by atoms with Crippen LogP contribution in [0.1, 0.15) is 0 Å². The van der Waals surface area contributed by atoms with Crippen molar-refractivity contribution in [3.8, 4) is 0 Å². The molecule has 0 radical (unpaired) electrons. The van der Waals surface area contributed by atoms with Gasteiger partial charge in [-0.25, -0.2) is 21.9 Å². The standard InChI is InChI=1S/C12H18F2N2O3S2/c13-12(14)9-19-6-5-16-21(17,18)8-7-20-11-3-1-10(15)2-4-11/h1-4,12,16H,5-9,15H2. The summed E-state index contributed by atoms with van der Waals surface area (Å²) >= 11 is 1.40. The van der Waals surface area contributed by atoms with Crippen molar-refractivity contribution in [2.75, 3.05) is 37.0 Å². The highest BCUT2D eigenvalue weighted by atomic mass is 32.2. The van der Waals surface area contributed by atoms with Gasteiger partial charge in [0.25, 0.3) is 6.43 Å². The van der Waals surface area contributed by atoms with E-state index in [1.54, 1.807) is 12.1 Å². The molecule has 1 aromatic rings. The summed E-state index contributed by atoms with van der Waals surface area (Å²) in [6, 6.07) is 7.13. The summed E-state index contributed by atoms with van der Waals surface area (Å²) in [7, 11) is -3.42. The first-order valence-corrected chi connectivity index (χ1v) is 8.84. The van der Waals surface area contributed by atoms with Gasteiger partial charge in [0.05, 0.1) is 12.4 Å². The van der Waals surface area contributed by atoms with Gasteiger partial charge in [0.1, 0.15) is 6.61 Å². The van der Waals surface area contributed by atoms with E-state index in [0.717, 1.165) is 4.90 Å². The molecule has 0 heterocycles. The molecule has 0 saturated heterocycles. The molecule has 1 aromatic carbocycles. The second-order valence-electron chi connectivity index (χ2n) is 4.10. The first kappa shape index (κ1) is 18.1. The highest BCUT2D eigenvalue weighted by Gasteiger charge is 2.10. The van der Waals surface area contributed by atoms with E-state index in [4.69, 9.17) is 5.73 Å². The van der Waals surface area contributed by atoms with E-state index < -0.39 is 23.1 Å². The van der Waals surface area contributed by atoms with Gasteiger partial charge < -0.3 is 10.5 Å². The van der Waals surface area contributed by atoms with E-state index in [1.807, 2.05) is 12.1 Å². The topological polar surface area (TPSA) is 81.4 Å². The van der Waals surface area contributed by atoms with Crippen molar-refractivity contribution < 1.29 is 21.9 Å². The lowest BCUT2D eigenvalue weighted by Gasteiger charge is -2.07. The molecule has 0 aliphatic carbocycles. The number of hydrogen-bond acceptors (Lipinski definition) is 5. The number of ether oxygens (including phenoxy) is 1. The summed E-state index contributed by atoms with van der Waals surface area (Å²) in [5, 5.41) is 0. The Balaban J connectivity index is 2.19. The van der Waals surface area contributed by atoms with Crippen LogP contribution < -0.4 is 10.5 Å². The zero-order valence-corrected chi connectivity index (χ0v) is 12.9. The lowest BCUT2D eigenvalue weighted by Crippen LogP contribution is -2.30. The number of nitrogens with one attached hydrogen (secondary N) is 1. The molecule has 0 bridgehead atoms. The van der Waals surface area contributed by atoms with Crippen LogP contribution in [0.3, 0.4) is 0 Å². The highest BCUT2D eigenvalue weighted by Crippen LogP contribution is 2.19. The normalized spacial score (nSPS) is 12.0. The maximum atomic E-state index is 11.8. The molecule has 0 unspecified atom stereocenters. The van der Waals surface area contributed by atoms with Crippen LogP contribution in [0.5, 0.6) is 0 Å². The van der Waals surface area contributed by atoms with Crippen molar-refractivity contribution in [1.82, 2.24) is 4.72 Å². The van der Waals surface area contributed by atoms with Crippen molar-refractivity contribution in [3.05, 3.63) is 24.3 Å². The molecule has 0 atom stereocenters. The number of hydrogen-bond donors (Lipinski definition) is 2. The van der Waals surface area contributed by atoms with Crippen LogP contribution in [0.2, 0.25) is 0 Å². The molecule has 0 aliphatic rings. The highest BCUT2D eigenvalue weighted by molar-refractivity contribution is 8.00. The van der Waals surface area contributed by atoms with Gasteiger partial charge in [-0.05, 0) is 24.3 Å². The Morgan fingerprint density at radius 1 is 1.29 bits per heavy atom. The van der Waals surface area contributed by atoms with Crippen molar-refractivity contribution in [2.24, 2.45) is 0 Å². The lowest BCUT2D eigenvalue weighted by atomic mass is 10.3. The maximum absolute atomic E-state index is 11.8. The van der Waals surface area contributed by atoms with Crippen LogP contribution in [-0.4, -0.2) is 46.1 Å². The van der Waals surface area contributed by atoms with E-state index in [2.05, 4.69) is 9.46 Å². The zero-order chi connectivity index (χ0) is 15.7. The van der Waals surface area contributed by atoms with Gasteiger partial charge in [-0.15, -0.1) is 11.8 Å². The molecule has 9 heteroatoms. The van der Waals surface area contributed by atoms with E-state index in [0.29, 0.717) is 11.4 Å². The average molecular weight is 340 g/mol. The molecule has 1 rings (SSSR count). The smallest absolute Gasteiger partial charge is 0.261 e. The second-order valence-corrected chi connectivity index (χ2v) is 7.19. The average Bonchev–Trinajstić information content (AvgIpc) is 2.40. The number of benzene rings is 1. The Hall–Kier alpha value is -0.900. The Morgan fingerprint density at radius 2 is 1.95 bits per heavy atom. The number of nitrogens with two attached hydrogens (primary N) is 1. The molecule has 3 N–H and O–H groups in total. The molecule has 5 nitrogen and oxygen atoms in total. The van der Waals surface area contributed by atoms with Crippen LogP contribution in [0.4, 0.5) is 14.5 Å². The minimum atomic E-state index is -3.42. The van der Waals surface area contributed by atoms with Crippen molar-refractivity contribution in [1.29, 1.82) is 0 Å². The van der Waals surface area contributed by atoms with Crippen molar-refractivity contribution in [3.63, 3.8) is 0 Å². The fourth-order valence-corrected chi connectivity index (χ4v) is 3.66. The lowest BCUT2D eigenvalue weighted by molar-refractivity contribution is 0.0199. The van der Waals surface area contributed by atoms with Crippen molar-refractivity contribution >= 4 is 27.5 Å². The summed E-state index contributed by atoms with van der Waals surface area (Å²) < 4.78 is 53.7. The third kappa shape index (κ3) is 8.86. The van der Waals surface area contributed by atoms with Crippen LogP contribution in [0.25, 0.3) is 0 Å². The molecule has 0 aromatic heterocycles. The number of alkyl halides is 2. The first-order chi connectivity index (χ1) is 9.89. The fraction of sp³-hybridized carbons (Fsp3) is 0.500. The molecule has 0 saturated carbocycles. The van der Waals surface area contributed by atoms with Gasteiger partial charge in [0.2, 0.25) is 10.0 Å². The van der Waals surface area contributed by atoms with Gasteiger partial charge in [0.15, 0.2) is 0 Å². The van der Waals surface area contributed by atoms with Gasteiger partial charge in [-0.3, -0.25) is 0 Å². The summed E-state index contributed by atoms with van der Waals surface area (Å²) in [4.78, 5) is 0.930. The van der Waals surface area contributed by atoms with E-state index >= 15 is 0 Å². The largest absolute Gasteiger partial charge is 0.399 e. The molecule has 120 valence electrons. The number of nitrogen functional groups attached to an aromatic ring is 1. The van der Waals surface area contributed by atoms with Crippen LogP contribution in [-0.2, 0) is 14.8 Å². The van der Waals surface area contributed by atoms with Crippen molar-refractivity contribution in [2.45, 2.75) is 11.3 Å². The number of sulfonamides is 1. The minimum Gasteiger partial charge on any atom is -0.399 e. The summed E-state index contributed by atoms with van der Waals surface area (Å²) in [5.74, 6) is 0.327. The Morgan fingerprint density at radius 3 is 2.57 bits per heavy atom. The Kier molecular flexibility index (Phi) is 7.94. The number of anilines is 1. The predicted molar refractivity (Wildman–Crippen MR) is 80.2 cm³/mol. The first-order valence-electron chi connectivity index (χ1n) is 6.20. The second kappa shape index (κ2) is 9.19. The summed E-state index contributed by atoms with van der Waals surface area (Å²) in [6.45, 7) is -0.773. The fourth-order valence-electron chi connectivity index (χ4n) is 1.35. The molecule has 0 aliphatic heterocycles. The van der Waals surface area contributed by atoms with E-state index in [9.17, 15) is 17.2 Å². The van der Waals surface area contributed by atoms with Gasteiger partial charge in [-0.1, -0.05) is 0 Å². The van der Waals surface area contributed by atoms with Crippen LogP contribution in [0.15, 0.2) is 29.2 Å². The van der Waals surface area contributed by atoms with E-state index in [1.165, 1.54) is 11.8 Å². The minimum absolute atomic E-state index is 0.0123. The predicted octanol–water partition coefficient (Wildman–Crippen LogP) is 1.56. The Bertz CT molecular complexity index is 510. The van der Waals surface area contributed by atoms with Crippen LogP contribution >= 0.6 is 11.8 Å². The molecule has 21 heavy (non-hydrogen) atoms. The molecule has 0 fully saturated rings. The molecular formula is C12H18F2N2O3S2. The number of halogens is 2. The Labute approximate surface area is 127 Å². The SMILES string of the molecule is Nc1ccc(SCCS(=O)(=O)NCCOCC(F)F)cc1. The van der Waals surface area contributed by atoms with Gasteiger partial charge >= 0.3 is 0 Å². The molecular weight excluding hydrogens is 322 g/mol. The molecule has 0 spiro atoms. The van der Waals surface area contributed by atoms with E-state index in [-0.39, 0.29) is 18.9 Å². The summed E-state index contributed by atoms with van der Waals surface area (Å²) in [5.41, 5.74) is 6.20. The quantitative estimate of drug-likeness (QED) is 0.384. The third-order valence-electron chi connectivity index (χ3n) is 2.31. The van der Waals surface area contributed by atoms with Crippen LogP contribution in [0, 0.1) is 0 Å². The van der Waals surface area contributed by atoms with Gasteiger partial charge in [-0.2, -0.15) is 0 Å². The monoisotopic (exact) mass is 340 g/mol. The molecule has 0 amide bonds. The third-order valence-corrected chi connectivity index (χ3v) is 4.97.